The lowest BCUT2D eigenvalue weighted by molar-refractivity contribution is 0.589. The summed E-state index contributed by atoms with van der Waals surface area (Å²) in [7, 11) is 0. The first-order valence-corrected chi connectivity index (χ1v) is 10.3. The van der Waals surface area contributed by atoms with Gasteiger partial charge < -0.3 is 5.41 Å². The minimum atomic E-state index is -0.222. The van der Waals surface area contributed by atoms with E-state index in [1.807, 2.05) is 0 Å². The third-order valence-corrected chi connectivity index (χ3v) is 6.07. The van der Waals surface area contributed by atoms with E-state index in [1.54, 1.807) is 0 Å². The molecule has 4 aromatic carbocycles. The van der Waals surface area contributed by atoms with Crippen LogP contribution in [0.5, 0.6) is 0 Å². The molecule has 1 aliphatic carbocycles. The zero-order chi connectivity index (χ0) is 20.2. The van der Waals surface area contributed by atoms with Gasteiger partial charge in [-0.2, -0.15) is 0 Å². The smallest absolute Gasteiger partial charge is 0.0452 e. The van der Waals surface area contributed by atoms with E-state index in [-0.39, 0.29) is 5.41 Å². The van der Waals surface area contributed by atoms with Crippen molar-refractivity contribution in [2.24, 2.45) is 5.41 Å². The van der Waals surface area contributed by atoms with Gasteiger partial charge in [0.2, 0.25) is 0 Å². The predicted octanol–water partition coefficient (Wildman–Crippen LogP) is 7.49. The van der Waals surface area contributed by atoms with E-state index in [1.165, 1.54) is 38.8 Å². The van der Waals surface area contributed by atoms with Gasteiger partial charge in [-0.15, -0.1) is 0 Å². The molecule has 4 aromatic rings. The molecule has 5 rings (SSSR count). The minimum Gasteiger partial charge on any atom is -0.304 e. The molecule has 0 amide bonds. The monoisotopic (exact) mass is 375 g/mol. The molecule has 1 nitrogen and oxygen atoms in total. The van der Waals surface area contributed by atoms with Crippen LogP contribution in [0.15, 0.2) is 78.9 Å². The Morgan fingerprint density at radius 1 is 0.690 bits per heavy atom. The Morgan fingerprint density at radius 3 is 2.14 bits per heavy atom. The summed E-state index contributed by atoms with van der Waals surface area (Å²) < 4.78 is 0. The van der Waals surface area contributed by atoms with E-state index in [4.69, 9.17) is 5.41 Å². The van der Waals surface area contributed by atoms with Gasteiger partial charge in [0.1, 0.15) is 0 Å². The zero-order valence-corrected chi connectivity index (χ0v) is 17.2. The zero-order valence-electron chi connectivity index (χ0n) is 17.2. The van der Waals surface area contributed by atoms with Crippen LogP contribution in [0.1, 0.15) is 37.5 Å². The summed E-state index contributed by atoms with van der Waals surface area (Å²) in [5.41, 5.74) is 9.42. The molecule has 0 aliphatic heterocycles. The van der Waals surface area contributed by atoms with Crippen molar-refractivity contribution in [1.29, 1.82) is 5.41 Å². The van der Waals surface area contributed by atoms with Gasteiger partial charge in [0, 0.05) is 16.7 Å². The summed E-state index contributed by atoms with van der Waals surface area (Å²) in [6.45, 7) is 6.39. The molecular weight excluding hydrogens is 350 g/mol. The molecule has 0 bridgehead atoms. The normalized spacial score (nSPS) is 12.7. The van der Waals surface area contributed by atoms with Gasteiger partial charge in [-0.05, 0) is 50.6 Å². The summed E-state index contributed by atoms with van der Waals surface area (Å²) >= 11 is 0. The van der Waals surface area contributed by atoms with Crippen LogP contribution in [0, 0.1) is 10.8 Å². The second kappa shape index (κ2) is 6.42. The highest BCUT2D eigenvalue weighted by Crippen LogP contribution is 2.44. The molecule has 0 aromatic heterocycles. The quantitative estimate of drug-likeness (QED) is 0.309. The third-order valence-electron chi connectivity index (χ3n) is 6.07. The first-order valence-electron chi connectivity index (χ1n) is 10.3. The van der Waals surface area contributed by atoms with E-state index in [0.717, 1.165) is 17.4 Å². The number of benzene rings is 4. The fourth-order valence-corrected chi connectivity index (χ4v) is 4.55. The first-order chi connectivity index (χ1) is 13.9. The van der Waals surface area contributed by atoms with Gasteiger partial charge >= 0.3 is 0 Å². The molecule has 0 radical (unpaired) electrons. The molecule has 0 saturated carbocycles. The van der Waals surface area contributed by atoms with Crippen LogP contribution in [0.2, 0.25) is 0 Å². The molecule has 0 spiro atoms. The molecule has 1 N–H and O–H groups in total. The van der Waals surface area contributed by atoms with Gasteiger partial charge in [-0.25, -0.2) is 0 Å². The minimum absolute atomic E-state index is 0.222. The first kappa shape index (κ1) is 17.9. The molecule has 0 heterocycles. The molecule has 29 heavy (non-hydrogen) atoms. The van der Waals surface area contributed by atoms with Crippen molar-refractivity contribution in [3.8, 4) is 22.3 Å². The molecule has 0 saturated heterocycles. The SMILES string of the molecule is CC(C)(C)C(=N)c1c(-c2cccc3c2Cc2ccccc2-3)ccc2ccccc12. The Bertz CT molecular complexity index is 1270. The van der Waals surface area contributed by atoms with Crippen LogP contribution in [0.25, 0.3) is 33.0 Å². The van der Waals surface area contributed by atoms with Crippen LogP contribution in [0.3, 0.4) is 0 Å². The number of rotatable bonds is 2. The maximum absolute atomic E-state index is 9.08. The Labute approximate surface area is 172 Å². The van der Waals surface area contributed by atoms with E-state index < -0.39 is 0 Å². The van der Waals surface area contributed by atoms with Crippen LogP contribution in [0.4, 0.5) is 0 Å². The van der Waals surface area contributed by atoms with E-state index in [2.05, 4.69) is 99.6 Å². The number of nitrogens with one attached hydrogen (secondary N) is 1. The van der Waals surface area contributed by atoms with Crippen molar-refractivity contribution in [2.75, 3.05) is 0 Å². The average Bonchev–Trinajstić information content (AvgIpc) is 3.10. The summed E-state index contributed by atoms with van der Waals surface area (Å²) in [4.78, 5) is 0. The number of hydrogen-bond acceptors (Lipinski definition) is 1. The van der Waals surface area contributed by atoms with Crippen LogP contribution in [-0.4, -0.2) is 5.71 Å². The predicted molar refractivity (Wildman–Crippen MR) is 124 cm³/mol. The lowest BCUT2D eigenvalue weighted by Gasteiger charge is -2.25. The Kier molecular flexibility index (Phi) is 3.96. The maximum Gasteiger partial charge on any atom is 0.0452 e. The highest BCUT2D eigenvalue weighted by atomic mass is 14.5. The van der Waals surface area contributed by atoms with Crippen LogP contribution < -0.4 is 0 Å². The molecule has 0 unspecified atom stereocenters. The highest BCUT2D eigenvalue weighted by molar-refractivity contribution is 6.16. The lowest BCUT2D eigenvalue weighted by Crippen LogP contribution is -2.21. The third kappa shape index (κ3) is 2.81. The van der Waals surface area contributed by atoms with E-state index in [0.29, 0.717) is 5.71 Å². The van der Waals surface area contributed by atoms with Gasteiger partial charge in [-0.1, -0.05) is 99.6 Å². The van der Waals surface area contributed by atoms with Crippen molar-refractivity contribution in [3.05, 3.63) is 95.6 Å². The van der Waals surface area contributed by atoms with Crippen molar-refractivity contribution in [2.45, 2.75) is 27.2 Å². The lowest BCUT2D eigenvalue weighted by atomic mass is 9.79. The summed E-state index contributed by atoms with van der Waals surface area (Å²) in [5, 5.41) is 11.4. The highest BCUT2D eigenvalue weighted by Gasteiger charge is 2.27. The summed E-state index contributed by atoms with van der Waals surface area (Å²) in [6, 6.07) is 28.2. The average molecular weight is 376 g/mol. The van der Waals surface area contributed by atoms with E-state index in [9.17, 15) is 0 Å². The Balaban J connectivity index is 1.81. The number of fused-ring (bicyclic) bond motifs is 4. The molecule has 1 aliphatic rings. The standard InChI is InChI=1S/C28H25N/c1-28(2,3)27(29)26-21-12-7-4-9-18(21)15-16-24(26)23-14-8-13-22-20-11-6-5-10-19(20)17-25(22)23/h4-16,29H,17H2,1-3H3. The van der Waals surface area contributed by atoms with Crippen molar-refractivity contribution < 1.29 is 0 Å². The largest absolute Gasteiger partial charge is 0.304 e. The summed E-state index contributed by atoms with van der Waals surface area (Å²) in [5.74, 6) is 0. The second-order valence-corrected chi connectivity index (χ2v) is 9.00. The topological polar surface area (TPSA) is 23.9 Å². The van der Waals surface area contributed by atoms with Crippen LogP contribution in [-0.2, 0) is 6.42 Å². The molecule has 0 atom stereocenters. The van der Waals surface area contributed by atoms with Gasteiger partial charge in [0.15, 0.2) is 0 Å². The van der Waals surface area contributed by atoms with Gasteiger partial charge in [0.25, 0.3) is 0 Å². The second-order valence-electron chi connectivity index (χ2n) is 9.00. The molecule has 0 fully saturated rings. The fourth-order valence-electron chi connectivity index (χ4n) is 4.55. The number of hydrogen-bond donors (Lipinski definition) is 1. The van der Waals surface area contributed by atoms with Crippen molar-refractivity contribution in [3.63, 3.8) is 0 Å². The maximum atomic E-state index is 9.08. The van der Waals surface area contributed by atoms with Crippen LogP contribution >= 0.6 is 0 Å². The molecule has 1 heteroatoms. The Morgan fingerprint density at radius 2 is 1.34 bits per heavy atom. The van der Waals surface area contributed by atoms with Crippen molar-refractivity contribution >= 4 is 16.5 Å². The van der Waals surface area contributed by atoms with E-state index >= 15 is 0 Å². The van der Waals surface area contributed by atoms with Gasteiger partial charge in [-0.3, -0.25) is 0 Å². The molecular formula is C28H25N. The molecule has 142 valence electrons. The van der Waals surface area contributed by atoms with Gasteiger partial charge in [0.05, 0.1) is 0 Å². The fraction of sp³-hybridized carbons (Fsp3) is 0.179. The summed E-state index contributed by atoms with van der Waals surface area (Å²) in [6.07, 6.45) is 0.955. The Hall–Kier alpha value is -3.19. The van der Waals surface area contributed by atoms with Crippen molar-refractivity contribution in [1.82, 2.24) is 0 Å².